The summed E-state index contributed by atoms with van der Waals surface area (Å²) in [6.45, 7) is 4.04. The van der Waals surface area contributed by atoms with Crippen LogP contribution in [0.25, 0.3) is 0 Å². The van der Waals surface area contributed by atoms with E-state index in [0.29, 0.717) is 6.54 Å². The molecule has 0 fully saturated rings. The minimum Gasteiger partial charge on any atom is -0.481 e. The van der Waals surface area contributed by atoms with Gasteiger partial charge in [0, 0.05) is 13.1 Å². The third-order valence-electron chi connectivity index (χ3n) is 2.84. The lowest BCUT2D eigenvalue weighted by atomic mass is 10.1. The van der Waals surface area contributed by atoms with Crippen molar-refractivity contribution < 1.29 is 19.8 Å². The summed E-state index contributed by atoms with van der Waals surface area (Å²) >= 11 is 0. The van der Waals surface area contributed by atoms with E-state index in [0.717, 1.165) is 11.1 Å². The fraction of sp³-hybridized carbons (Fsp3) is 0.429. The Balaban J connectivity index is 2.71. The zero-order chi connectivity index (χ0) is 14.4. The van der Waals surface area contributed by atoms with Crippen molar-refractivity contribution in [3.8, 4) is 0 Å². The normalized spacial score (nSPS) is 12.4. The summed E-state index contributed by atoms with van der Waals surface area (Å²) in [6.07, 6.45) is 0. The molecule has 0 aliphatic rings. The molecule has 0 radical (unpaired) electrons. The number of rotatable bonds is 7. The predicted molar refractivity (Wildman–Crippen MR) is 70.9 cm³/mol. The monoisotopic (exact) mass is 265 g/mol. The Labute approximate surface area is 112 Å². The first-order valence-corrected chi connectivity index (χ1v) is 6.11. The average molecular weight is 265 g/mol. The van der Waals surface area contributed by atoms with Crippen molar-refractivity contribution in [2.75, 3.05) is 13.1 Å². The molecule has 0 bridgehead atoms. The smallest absolute Gasteiger partial charge is 0.317 e. The lowest BCUT2D eigenvalue weighted by molar-refractivity contribution is -0.144. The van der Waals surface area contributed by atoms with E-state index in [4.69, 9.17) is 10.2 Å². The first-order chi connectivity index (χ1) is 8.88. The number of hydrogen-bond acceptors (Lipinski definition) is 3. The molecular weight excluding hydrogens is 246 g/mol. The molecule has 5 heteroatoms. The number of aryl methyl sites for hydroxylation is 1. The van der Waals surface area contributed by atoms with Gasteiger partial charge in [0.2, 0.25) is 0 Å². The fourth-order valence-corrected chi connectivity index (χ4v) is 1.79. The molecule has 1 rings (SSSR count). The topological polar surface area (TPSA) is 77.8 Å². The van der Waals surface area contributed by atoms with Gasteiger partial charge in [-0.3, -0.25) is 14.5 Å². The Morgan fingerprint density at radius 3 is 2.26 bits per heavy atom. The molecule has 104 valence electrons. The van der Waals surface area contributed by atoms with Crippen molar-refractivity contribution in [3.63, 3.8) is 0 Å². The molecule has 1 aromatic rings. The summed E-state index contributed by atoms with van der Waals surface area (Å²) in [5.41, 5.74) is 2.11. The van der Waals surface area contributed by atoms with E-state index in [1.54, 1.807) is 11.8 Å². The van der Waals surface area contributed by atoms with Crippen molar-refractivity contribution in [1.29, 1.82) is 0 Å². The molecule has 0 aliphatic carbocycles. The van der Waals surface area contributed by atoms with Gasteiger partial charge < -0.3 is 10.2 Å². The van der Waals surface area contributed by atoms with Gasteiger partial charge in [0.15, 0.2) is 0 Å². The second-order valence-corrected chi connectivity index (χ2v) is 4.79. The van der Waals surface area contributed by atoms with Crippen LogP contribution in [0.1, 0.15) is 18.1 Å². The third-order valence-corrected chi connectivity index (χ3v) is 2.84. The van der Waals surface area contributed by atoms with E-state index in [1.807, 2.05) is 31.2 Å². The average Bonchev–Trinajstić information content (AvgIpc) is 2.31. The number of nitrogens with zero attached hydrogens (tertiary/aromatic N) is 1. The van der Waals surface area contributed by atoms with Crippen LogP contribution in [-0.4, -0.2) is 40.1 Å². The van der Waals surface area contributed by atoms with Crippen molar-refractivity contribution in [2.24, 2.45) is 5.92 Å². The van der Waals surface area contributed by atoms with Crippen molar-refractivity contribution >= 4 is 11.9 Å². The molecule has 5 nitrogen and oxygen atoms in total. The minimum absolute atomic E-state index is 0.161. The van der Waals surface area contributed by atoms with Crippen molar-refractivity contribution in [3.05, 3.63) is 35.4 Å². The van der Waals surface area contributed by atoms with Crippen LogP contribution in [-0.2, 0) is 16.1 Å². The summed E-state index contributed by atoms with van der Waals surface area (Å²) in [7, 11) is 0. The molecule has 0 saturated heterocycles. The quantitative estimate of drug-likeness (QED) is 0.783. The van der Waals surface area contributed by atoms with E-state index < -0.39 is 17.9 Å². The molecule has 19 heavy (non-hydrogen) atoms. The Hall–Kier alpha value is -1.88. The largest absolute Gasteiger partial charge is 0.481 e. The summed E-state index contributed by atoms with van der Waals surface area (Å²) in [5, 5.41) is 17.8. The van der Waals surface area contributed by atoms with Crippen molar-refractivity contribution in [1.82, 2.24) is 4.90 Å². The van der Waals surface area contributed by atoms with Crippen LogP contribution < -0.4 is 0 Å². The second kappa shape index (κ2) is 6.89. The number of hydrogen-bond donors (Lipinski definition) is 2. The highest BCUT2D eigenvalue weighted by atomic mass is 16.4. The Morgan fingerprint density at radius 2 is 1.79 bits per heavy atom. The highest BCUT2D eigenvalue weighted by Crippen LogP contribution is 2.09. The van der Waals surface area contributed by atoms with E-state index in [1.165, 1.54) is 0 Å². The number of benzene rings is 1. The zero-order valence-electron chi connectivity index (χ0n) is 11.2. The maximum Gasteiger partial charge on any atom is 0.317 e. The molecule has 2 N–H and O–H groups in total. The predicted octanol–water partition coefficient (Wildman–Crippen LogP) is 1.60. The maximum atomic E-state index is 10.8. The Kier molecular flexibility index (Phi) is 5.51. The molecule has 0 spiro atoms. The number of carbonyl (C=O) groups is 2. The number of carboxylic acid groups (broad SMARTS) is 2. The fourth-order valence-electron chi connectivity index (χ4n) is 1.79. The van der Waals surface area contributed by atoms with Gasteiger partial charge in [0.1, 0.15) is 0 Å². The molecule has 1 unspecified atom stereocenters. The molecule has 0 amide bonds. The molecule has 1 atom stereocenters. The van der Waals surface area contributed by atoms with Crippen LogP contribution >= 0.6 is 0 Å². The summed E-state index contributed by atoms with van der Waals surface area (Å²) in [5.74, 6) is -2.46. The van der Waals surface area contributed by atoms with Gasteiger partial charge in [-0.15, -0.1) is 0 Å². The zero-order valence-corrected chi connectivity index (χ0v) is 11.2. The molecular formula is C14H19NO4. The lowest BCUT2D eigenvalue weighted by Gasteiger charge is -2.22. The second-order valence-electron chi connectivity index (χ2n) is 4.79. The molecule has 0 saturated carbocycles. The molecule has 0 aliphatic heterocycles. The van der Waals surface area contributed by atoms with E-state index >= 15 is 0 Å². The number of carboxylic acids is 2. The summed E-state index contributed by atoms with van der Waals surface area (Å²) < 4.78 is 0. The first-order valence-electron chi connectivity index (χ1n) is 6.11. The Morgan fingerprint density at radius 1 is 1.21 bits per heavy atom. The molecule has 0 aromatic heterocycles. The van der Waals surface area contributed by atoms with Crippen molar-refractivity contribution in [2.45, 2.75) is 20.4 Å². The van der Waals surface area contributed by atoms with E-state index in [2.05, 4.69) is 0 Å². The van der Waals surface area contributed by atoms with Crippen LogP contribution in [0.3, 0.4) is 0 Å². The van der Waals surface area contributed by atoms with Gasteiger partial charge in [0.25, 0.3) is 0 Å². The van der Waals surface area contributed by atoms with E-state index in [9.17, 15) is 9.59 Å². The first kappa shape index (κ1) is 15.2. The van der Waals surface area contributed by atoms with Gasteiger partial charge in [-0.2, -0.15) is 0 Å². The van der Waals surface area contributed by atoms with Crippen LogP contribution in [0, 0.1) is 12.8 Å². The van der Waals surface area contributed by atoms with Gasteiger partial charge in [0.05, 0.1) is 12.5 Å². The standard InChI is InChI=1S/C14H19NO4/c1-10-3-5-12(6-4-10)8-15(9-13(16)17)7-11(2)14(18)19/h3-6,11H,7-9H2,1-2H3,(H,16,17)(H,18,19). The van der Waals surface area contributed by atoms with Crippen LogP contribution in [0.5, 0.6) is 0 Å². The van der Waals surface area contributed by atoms with Gasteiger partial charge in [-0.05, 0) is 12.5 Å². The van der Waals surface area contributed by atoms with Crippen LogP contribution in [0.2, 0.25) is 0 Å². The third kappa shape index (κ3) is 5.52. The van der Waals surface area contributed by atoms with E-state index in [-0.39, 0.29) is 13.1 Å². The number of aliphatic carboxylic acids is 2. The van der Waals surface area contributed by atoms with Gasteiger partial charge in [-0.25, -0.2) is 0 Å². The van der Waals surface area contributed by atoms with Crippen LogP contribution in [0.15, 0.2) is 24.3 Å². The summed E-state index contributed by atoms with van der Waals surface area (Å²) in [4.78, 5) is 23.3. The van der Waals surface area contributed by atoms with Crippen LogP contribution in [0.4, 0.5) is 0 Å². The van der Waals surface area contributed by atoms with Gasteiger partial charge >= 0.3 is 11.9 Å². The lowest BCUT2D eigenvalue weighted by Crippen LogP contribution is -2.35. The highest BCUT2D eigenvalue weighted by Gasteiger charge is 2.18. The SMILES string of the molecule is Cc1ccc(CN(CC(=O)O)CC(C)C(=O)O)cc1. The molecule has 1 aromatic carbocycles. The molecule has 0 heterocycles. The maximum absolute atomic E-state index is 10.8. The van der Waals surface area contributed by atoms with Gasteiger partial charge in [-0.1, -0.05) is 36.8 Å². The minimum atomic E-state index is -0.954. The summed E-state index contributed by atoms with van der Waals surface area (Å²) in [6, 6.07) is 7.76. The Bertz CT molecular complexity index is 441. The highest BCUT2D eigenvalue weighted by molar-refractivity contribution is 5.71.